The van der Waals surface area contributed by atoms with Gasteiger partial charge in [0.15, 0.2) is 0 Å². The van der Waals surface area contributed by atoms with Gasteiger partial charge in [-0.25, -0.2) is 13.1 Å². The van der Waals surface area contributed by atoms with E-state index in [1.54, 1.807) is 19.1 Å². The molecule has 1 aliphatic rings. The second kappa shape index (κ2) is 5.70. The maximum Gasteiger partial charge on any atom is 0.241 e. The van der Waals surface area contributed by atoms with E-state index in [0.29, 0.717) is 24.3 Å². The zero-order valence-electron chi connectivity index (χ0n) is 10.7. The monoisotopic (exact) mass is 280 g/mol. The van der Waals surface area contributed by atoms with Crippen molar-refractivity contribution in [1.29, 1.82) is 5.26 Å². The summed E-state index contributed by atoms with van der Waals surface area (Å²) in [6, 6.07) is 6.42. The first-order valence-corrected chi connectivity index (χ1v) is 7.62. The number of sulfonamides is 1. The average Bonchev–Trinajstić information content (AvgIpc) is 2.39. The number of hydrogen-bond donors (Lipinski definition) is 1. The van der Waals surface area contributed by atoms with Gasteiger partial charge in [-0.3, -0.25) is 0 Å². The molecule has 0 amide bonds. The third kappa shape index (κ3) is 3.32. The highest BCUT2D eigenvalue weighted by atomic mass is 32.2. The molecule has 1 fully saturated rings. The van der Waals surface area contributed by atoms with Gasteiger partial charge in [-0.05, 0) is 37.5 Å². The molecule has 1 aromatic carbocycles. The molecule has 6 heteroatoms. The predicted molar refractivity (Wildman–Crippen MR) is 70.1 cm³/mol. The number of nitriles is 1. The molecule has 1 N–H and O–H groups in total. The summed E-state index contributed by atoms with van der Waals surface area (Å²) in [7, 11) is -3.60. The largest absolute Gasteiger partial charge is 0.380 e. The molecule has 1 aromatic rings. The lowest BCUT2D eigenvalue weighted by atomic mass is 10.1. The summed E-state index contributed by atoms with van der Waals surface area (Å²) < 4.78 is 32.5. The highest BCUT2D eigenvalue weighted by molar-refractivity contribution is 7.89. The minimum absolute atomic E-state index is 0.164. The van der Waals surface area contributed by atoms with Gasteiger partial charge >= 0.3 is 0 Å². The molecule has 0 aromatic heterocycles. The fourth-order valence-corrected chi connectivity index (χ4v) is 3.60. The van der Waals surface area contributed by atoms with Crippen molar-refractivity contribution in [2.75, 3.05) is 13.2 Å². The Kier molecular flexibility index (Phi) is 4.20. The summed E-state index contributed by atoms with van der Waals surface area (Å²) in [5, 5.41) is 8.85. The van der Waals surface area contributed by atoms with Crippen LogP contribution in [-0.4, -0.2) is 27.7 Å². The van der Waals surface area contributed by atoms with Crippen LogP contribution in [0.25, 0.3) is 0 Å². The van der Waals surface area contributed by atoms with Gasteiger partial charge in [-0.2, -0.15) is 5.26 Å². The number of nitrogens with one attached hydrogen (secondary N) is 1. The molecule has 1 atom stereocenters. The maximum absolute atomic E-state index is 12.3. The molecule has 1 aliphatic heterocycles. The van der Waals surface area contributed by atoms with Crippen molar-refractivity contribution in [3.05, 3.63) is 29.3 Å². The molecular weight excluding hydrogens is 264 g/mol. The minimum Gasteiger partial charge on any atom is -0.380 e. The summed E-state index contributed by atoms with van der Waals surface area (Å²) in [4.78, 5) is 0.164. The van der Waals surface area contributed by atoms with Crippen LogP contribution in [0.5, 0.6) is 0 Å². The molecule has 2 rings (SSSR count). The summed E-state index contributed by atoms with van der Waals surface area (Å²) >= 11 is 0. The number of ether oxygens (including phenoxy) is 1. The van der Waals surface area contributed by atoms with Crippen LogP contribution in [0.2, 0.25) is 0 Å². The molecule has 1 heterocycles. The first kappa shape index (κ1) is 14.0. The van der Waals surface area contributed by atoms with Gasteiger partial charge in [0.05, 0.1) is 23.1 Å². The lowest BCUT2D eigenvalue weighted by Gasteiger charge is -2.23. The molecule has 0 saturated carbocycles. The molecule has 0 bridgehead atoms. The van der Waals surface area contributed by atoms with Gasteiger partial charge in [-0.15, -0.1) is 0 Å². The van der Waals surface area contributed by atoms with Crippen LogP contribution in [0.3, 0.4) is 0 Å². The Morgan fingerprint density at radius 3 is 2.89 bits per heavy atom. The van der Waals surface area contributed by atoms with Crippen LogP contribution in [0.15, 0.2) is 23.1 Å². The van der Waals surface area contributed by atoms with Gasteiger partial charge in [-0.1, -0.05) is 6.07 Å². The molecule has 102 valence electrons. The molecule has 0 aliphatic carbocycles. The van der Waals surface area contributed by atoms with Crippen molar-refractivity contribution in [3.8, 4) is 6.07 Å². The van der Waals surface area contributed by atoms with Crippen LogP contribution in [0.1, 0.15) is 24.0 Å². The number of hydrogen-bond acceptors (Lipinski definition) is 4. The van der Waals surface area contributed by atoms with E-state index < -0.39 is 10.0 Å². The summed E-state index contributed by atoms with van der Waals surface area (Å²) in [6.45, 7) is 2.80. The van der Waals surface area contributed by atoms with E-state index in [-0.39, 0.29) is 10.9 Å². The maximum atomic E-state index is 12.3. The lowest BCUT2D eigenvalue weighted by Crippen LogP contribution is -2.40. The minimum atomic E-state index is -3.60. The van der Waals surface area contributed by atoms with Gasteiger partial charge in [0, 0.05) is 12.6 Å². The van der Waals surface area contributed by atoms with Gasteiger partial charge < -0.3 is 4.74 Å². The third-order valence-electron chi connectivity index (χ3n) is 3.09. The first-order chi connectivity index (χ1) is 9.03. The van der Waals surface area contributed by atoms with Crippen LogP contribution < -0.4 is 4.72 Å². The zero-order chi connectivity index (χ0) is 13.9. The standard InChI is InChI=1S/C13H16N2O3S/c1-10-4-5-11(8-14)7-13(10)19(16,17)15-12-3-2-6-18-9-12/h4-5,7,12,15H,2-3,6,9H2,1H3. The number of benzene rings is 1. The van der Waals surface area contributed by atoms with Crippen molar-refractivity contribution >= 4 is 10.0 Å². The van der Waals surface area contributed by atoms with Crippen LogP contribution in [-0.2, 0) is 14.8 Å². The number of rotatable bonds is 3. The smallest absolute Gasteiger partial charge is 0.241 e. The number of aryl methyl sites for hydroxylation is 1. The summed E-state index contributed by atoms with van der Waals surface area (Å²) in [6.07, 6.45) is 1.63. The second-order valence-corrected chi connectivity index (χ2v) is 6.31. The van der Waals surface area contributed by atoms with Gasteiger partial charge in [0.25, 0.3) is 0 Å². The van der Waals surface area contributed by atoms with E-state index in [1.807, 2.05) is 6.07 Å². The van der Waals surface area contributed by atoms with E-state index in [2.05, 4.69) is 4.72 Å². The van der Waals surface area contributed by atoms with E-state index in [1.165, 1.54) is 6.07 Å². The molecule has 0 spiro atoms. The van der Waals surface area contributed by atoms with Crippen LogP contribution >= 0.6 is 0 Å². The topological polar surface area (TPSA) is 79.2 Å². The van der Waals surface area contributed by atoms with Crippen molar-refractivity contribution in [3.63, 3.8) is 0 Å². The fraction of sp³-hybridized carbons (Fsp3) is 0.462. The quantitative estimate of drug-likeness (QED) is 0.905. The molecular formula is C13H16N2O3S. The Morgan fingerprint density at radius 2 is 2.26 bits per heavy atom. The fourth-order valence-electron chi connectivity index (χ4n) is 2.08. The Morgan fingerprint density at radius 1 is 1.47 bits per heavy atom. The first-order valence-electron chi connectivity index (χ1n) is 6.14. The molecule has 1 unspecified atom stereocenters. The highest BCUT2D eigenvalue weighted by Gasteiger charge is 2.23. The van der Waals surface area contributed by atoms with Gasteiger partial charge in [0.1, 0.15) is 0 Å². The van der Waals surface area contributed by atoms with Crippen LogP contribution in [0.4, 0.5) is 0 Å². The third-order valence-corrected chi connectivity index (χ3v) is 4.75. The lowest BCUT2D eigenvalue weighted by molar-refractivity contribution is 0.0774. The highest BCUT2D eigenvalue weighted by Crippen LogP contribution is 2.18. The number of nitrogens with zero attached hydrogens (tertiary/aromatic N) is 1. The van der Waals surface area contributed by atoms with E-state index >= 15 is 0 Å². The summed E-state index contributed by atoms with van der Waals surface area (Å²) in [5.41, 5.74) is 0.967. The zero-order valence-corrected chi connectivity index (χ0v) is 11.5. The average molecular weight is 280 g/mol. The SMILES string of the molecule is Cc1ccc(C#N)cc1S(=O)(=O)NC1CCCOC1. The van der Waals surface area contributed by atoms with Crippen molar-refractivity contribution in [2.45, 2.75) is 30.7 Å². The molecule has 5 nitrogen and oxygen atoms in total. The molecule has 19 heavy (non-hydrogen) atoms. The Hall–Kier alpha value is -1.42. The summed E-state index contributed by atoms with van der Waals surface area (Å²) in [5.74, 6) is 0. The Balaban J connectivity index is 2.26. The van der Waals surface area contributed by atoms with Crippen molar-refractivity contribution < 1.29 is 13.2 Å². The Labute approximate surface area is 113 Å². The van der Waals surface area contributed by atoms with E-state index in [9.17, 15) is 8.42 Å². The van der Waals surface area contributed by atoms with Gasteiger partial charge in [0.2, 0.25) is 10.0 Å². The van der Waals surface area contributed by atoms with Crippen LogP contribution in [0, 0.1) is 18.3 Å². The molecule has 1 saturated heterocycles. The van der Waals surface area contributed by atoms with E-state index in [0.717, 1.165) is 12.8 Å². The second-order valence-electron chi connectivity index (χ2n) is 4.63. The van der Waals surface area contributed by atoms with E-state index in [4.69, 9.17) is 10.00 Å². The van der Waals surface area contributed by atoms with Crippen molar-refractivity contribution in [1.82, 2.24) is 4.72 Å². The normalized spacial score (nSPS) is 19.9. The van der Waals surface area contributed by atoms with Crippen molar-refractivity contribution in [2.24, 2.45) is 0 Å². The predicted octanol–water partition coefficient (Wildman–Crippen LogP) is 1.32. The Bertz CT molecular complexity index is 599. The molecule has 0 radical (unpaired) electrons.